The molecule has 1 N–H and O–H groups in total. The fraction of sp³-hybridized carbons (Fsp3) is 1.00. The molecule has 0 aromatic rings. The number of hydrogen-bond acceptors (Lipinski definition) is 3. The molecule has 0 bridgehead atoms. The van der Waals surface area contributed by atoms with Crippen molar-refractivity contribution in [2.75, 3.05) is 13.2 Å². The van der Waals surface area contributed by atoms with Crippen molar-refractivity contribution in [1.29, 1.82) is 0 Å². The lowest BCUT2D eigenvalue weighted by Crippen LogP contribution is -2.07. The van der Waals surface area contributed by atoms with E-state index in [1.54, 1.807) is 0 Å². The molecule has 2 atom stereocenters. The van der Waals surface area contributed by atoms with Gasteiger partial charge in [-0.1, -0.05) is 53.4 Å². The largest absolute Gasteiger partial charge is 0.329 e. The molecule has 0 fully saturated rings. The summed E-state index contributed by atoms with van der Waals surface area (Å²) in [5, 5.41) is 0. The van der Waals surface area contributed by atoms with Gasteiger partial charge in [-0.15, -0.1) is 0 Å². The second-order valence-corrected chi connectivity index (χ2v) is 6.32. The Bertz CT molecular complexity index is 160. The molecular weight excluding hydrogens is 247 g/mol. The summed E-state index contributed by atoms with van der Waals surface area (Å²) >= 11 is 0. The highest BCUT2D eigenvalue weighted by molar-refractivity contribution is 7.40. The molecule has 0 radical (unpaired) electrons. The van der Waals surface area contributed by atoms with E-state index in [-0.39, 0.29) is 0 Å². The minimum atomic E-state index is -1.68. The summed E-state index contributed by atoms with van der Waals surface area (Å²) in [6.07, 6.45) is 7.19. The normalized spacial score (nSPS) is 16.5. The van der Waals surface area contributed by atoms with E-state index in [9.17, 15) is 4.89 Å². The molecule has 0 saturated heterocycles. The second-order valence-electron chi connectivity index (χ2n) is 5.32. The first-order valence-corrected chi connectivity index (χ1v) is 8.47. The monoisotopic (exact) mass is 278 g/mol. The molecular formula is C14H31O3P. The molecule has 0 aliphatic carbocycles. The van der Waals surface area contributed by atoms with E-state index in [4.69, 9.17) is 9.05 Å². The van der Waals surface area contributed by atoms with Crippen LogP contribution in [0.5, 0.6) is 0 Å². The standard InChI is InChI=1S/C14H31O3P/c1-5-7-9-13(3)11-16-18(15)17-12-14(4)10-8-6-2/h13-15H,5-12H2,1-4H3. The van der Waals surface area contributed by atoms with Crippen LogP contribution in [0.2, 0.25) is 0 Å². The average molecular weight is 278 g/mol. The van der Waals surface area contributed by atoms with E-state index in [1.165, 1.54) is 25.7 Å². The molecule has 3 nitrogen and oxygen atoms in total. The molecule has 0 spiro atoms. The number of rotatable bonds is 12. The first kappa shape index (κ1) is 18.3. The van der Waals surface area contributed by atoms with E-state index in [0.29, 0.717) is 25.0 Å². The Morgan fingerprint density at radius 2 is 1.28 bits per heavy atom. The topological polar surface area (TPSA) is 38.7 Å². The summed E-state index contributed by atoms with van der Waals surface area (Å²) in [6.45, 7) is 9.89. The van der Waals surface area contributed by atoms with Crippen LogP contribution in [0.15, 0.2) is 0 Å². The molecule has 0 aliphatic heterocycles. The van der Waals surface area contributed by atoms with Crippen molar-refractivity contribution in [2.24, 2.45) is 11.8 Å². The molecule has 0 rings (SSSR count). The van der Waals surface area contributed by atoms with Gasteiger partial charge in [0.05, 0.1) is 13.2 Å². The predicted molar refractivity (Wildman–Crippen MR) is 78.4 cm³/mol. The van der Waals surface area contributed by atoms with E-state index in [1.807, 2.05) is 0 Å². The smallest absolute Gasteiger partial charge is 0.328 e. The third kappa shape index (κ3) is 11.4. The van der Waals surface area contributed by atoms with Crippen LogP contribution >= 0.6 is 8.60 Å². The molecule has 0 heterocycles. The lowest BCUT2D eigenvalue weighted by Gasteiger charge is -2.17. The third-order valence-electron chi connectivity index (χ3n) is 3.04. The van der Waals surface area contributed by atoms with Crippen molar-refractivity contribution in [3.63, 3.8) is 0 Å². The van der Waals surface area contributed by atoms with Crippen LogP contribution in [0.1, 0.15) is 66.2 Å². The molecule has 0 aromatic carbocycles. The Morgan fingerprint density at radius 1 is 0.889 bits per heavy atom. The molecule has 4 heteroatoms. The van der Waals surface area contributed by atoms with Crippen molar-refractivity contribution in [1.82, 2.24) is 0 Å². The second kappa shape index (κ2) is 12.3. The molecule has 0 amide bonds. The summed E-state index contributed by atoms with van der Waals surface area (Å²) in [7, 11) is -1.68. The molecule has 0 aromatic heterocycles. The summed E-state index contributed by atoms with van der Waals surface area (Å²) in [5.74, 6) is 1.01. The Balaban J connectivity index is 3.49. The maximum atomic E-state index is 9.62. The van der Waals surface area contributed by atoms with Gasteiger partial charge in [0.25, 0.3) is 0 Å². The predicted octanol–water partition coefficient (Wildman–Crippen LogP) is 4.89. The van der Waals surface area contributed by atoms with Gasteiger partial charge in [0, 0.05) is 0 Å². The van der Waals surface area contributed by atoms with Gasteiger partial charge < -0.3 is 13.9 Å². The maximum Gasteiger partial charge on any atom is 0.329 e. The van der Waals surface area contributed by atoms with Crippen molar-refractivity contribution in [2.45, 2.75) is 66.2 Å². The zero-order chi connectivity index (χ0) is 13.8. The van der Waals surface area contributed by atoms with Gasteiger partial charge in [-0.25, -0.2) is 0 Å². The lowest BCUT2D eigenvalue weighted by molar-refractivity contribution is 0.158. The van der Waals surface area contributed by atoms with Crippen LogP contribution in [-0.2, 0) is 9.05 Å². The highest BCUT2D eigenvalue weighted by Crippen LogP contribution is 2.34. The van der Waals surface area contributed by atoms with Crippen molar-refractivity contribution >= 4 is 8.60 Å². The fourth-order valence-corrected chi connectivity index (χ4v) is 2.53. The summed E-state index contributed by atoms with van der Waals surface area (Å²) in [5.41, 5.74) is 0. The van der Waals surface area contributed by atoms with E-state index in [2.05, 4.69) is 27.7 Å². The number of hydrogen-bond donors (Lipinski definition) is 1. The Kier molecular flexibility index (Phi) is 12.6. The molecule has 110 valence electrons. The van der Waals surface area contributed by atoms with E-state index >= 15 is 0 Å². The van der Waals surface area contributed by atoms with E-state index in [0.717, 1.165) is 12.8 Å². The molecule has 18 heavy (non-hydrogen) atoms. The zero-order valence-corrected chi connectivity index (χ0v) is 13.4. The minimum Gasteiger partial charge on any atom is -0.328 e. The van der Waals surface area contributed by atoms with Gasteiger partial charge in [-0.2, -0.15) is 0 Å². The molecule has 0 aliphatic rings. The zero-order valence-electron chi connectivity index (χ0n) is 12.5. The van der Waals surface area contributed by atoms with Gasteiger partial charge in [0.2, 0.25) is 0 Å². The Hall–Kier alpha value is 0.310. The minimum absolute atomic E-state index is 0.503. The highest BCUT2D eigenvalue weighted by atomic mass is 31.2. The van der Waals surface area contributed by atoms with Gasteiger partial charge >= 0.3 is 8.60 Å². The quantitative estimate of drug-likeness (QED) is 0.516. The van der Waals surface area contributed by atoms with Crippen molar-refractivity contribution in [3.05, 3.63) is 0 Å². The van der Waals surface area contributed by atoms with Crippen LogP contribution in [0.4, 0.5) is 0 Å². The number of unbranched alkanes of at least 4 members (excludes halogenated alkanes) is 2. The lowest BCUT2D eigenvalue weighted by atomic mass is 10.1. The Morgan fingerprint density at radius 3 is 1.61 bits per heavy atom. The first-order valence-electron chi connectivity index (χ1n) is 7.34. The Labute approximate surface area is 114 Å². The van der Waals surface area contributed by atoms with Crippen LogP contribution in [0.25, 0.3) is 0 Å². The third-order valence-corrected chi connectivity index (χ3v) is 3.78. The van der Waals surface area contributed by atoms with Crippen LogP contribution in [0.3, 0.4) is 0 Å². The summed E-state index contributed by atoms with van der Waals surface area (Å²) in [4.78, 5) is 9.62. The summed E-state index contributed by atoms with van der Waals surface area (Å²) < 4.78 is 10.7. The summed E-state index contributed by atoms with van der Waals surface area (Å²) in [6, 6.07) is 0. The SMILES string of the molecule is CCCCC(C)COP(O)OCC(C)CCCC. The van der Waals surface area contributed by atoms with Crippen LogP contribution < -0.4 is 0 Å². The van der Waals surface area contributed by atoms with E-state index < -0.39 is 8.60 Å². The molecule has 2 unspecified atom stereocenters. The maximum absolute atomic E-state index is 9.62. The van der Waals surface area contributed by atoms with Crippen LogP contribution in [0, 0.1) is 11.8 Å². The van der Waals surface area contributed by atoms with Gasteiger partial charge in [-0.3, -0.25) is 0 Å². The average Bonchev–Trinajstić information content (AvgIpc) is 2.37. The van der Waals surface area contributed by atoms with Gasteiger partial charge in [-0.05, 0) is 24.7 Å². The fourth-order valence-electron chi connectivity index (χ4n) is 1.69. The van der Waals surface area contributed by atoms with Crippen molar-refractivity contribution < 1.29 is 13.9 Å². The van der Waals surface area contributed by atoms with Gasteiger partial charge in [0.15, 0.2) is 0 Å². The molecule has 0 saturated carbocycles. The van der Waals surface area contributed by atoms with Crippen LogP contribution in [-0.4, -0.2) is 18.1 Å². The highest BCUT2D eigenvalue weighted by Gasteiger charge is 2.12. The first-order chi connectivity index (χ1) is 8.60. The van der Waals surface area contributed by atoms with Crippen molar-refractivity contribution in [3.8, 4) is 0 Å². The van der Waals surface area contributed by atoms with Gasteiger partial charge in [0.1, 0.15) is 0 Å².